The third kappa shape index (κ3) is 1.73. The first-order valence-corrected chi connectivity index (χ1v) is 3.25. The maximum Gasteiger partial charge on any atom is 0.400 e. The van der Waals surface area contributed by atoms with Crippen LogP contribution in [0.4, 0.5) is 19.0 Å². The summed E-state index contributed by atoms with van der Waals surface area (Å²) >= 11 is 0. The fourth-order valence-corrected chi connectivity index (χ4v) is 0.772. The first-order chi connectivity index (χ1) is 6.43. The van der Waals surface area contributed by atoms with Crippen molar-refractivity contribution in [3.63, 3.8) is 0 Å². The highest BCUT2D eigenvalue weighted by molar-refractivity contribution is 5.35. The zero-order chi connectivity index (χ0) is 10.9. The van der Waals surface area contributed by atoms with E-state index in [1.54, 1.807) is 0 Å². The number of aromatic nitrogens is 1. The normalized spacial score (nSPS) is 10.6. The summed E-state index contributed by atoms with van der Waals surface area (Å²) in [6, 6.07) is 0.229. The van der Waals surface area contributed by atoms with E-state index in [4.69, 9.17) is 5.11 Å². The standard InChI is InChI=1S/C6H3F3N2O3/c7-2-1-3(12)4(5(8)9)10-6(2)11(13)14/h1,5,12H. The fourth-order valence-electron chi connectivity index (χ4n) is 0.772. The number of pyridine rings is 1. The van der Waals surface area contributed by atoms with Crippen LogP contribution in [0.2, 0.25) is 0 Å². The monoisotopic (exact) mass is 208 g/mol. The Morgan fingerprint density at radius 2 is 2.14 bits per heavy atom. The van der Waals surface area contributed by atoms with Gasteiger partial charge in [-0.2, -0.15) is 4.39 Å². The molecule has 0 aliphatic rings. The fraction of sp³-hybridized carbons (Fsp3) is 0.167. The van der Waals surface area contributed by atoms with E-state index in [-0.39, 0.29) is 6.07 Å². The van der Waals surface area contributed by atoms with E-state index in [1.165, 1.54) is 0 Å². The van der Waals surface area contributed by atoms with Crippen molar-refractivity contribution < 1.29 is 23.2 Å². The minimum Gasteiger partial charge on any atom is -0.504 e. The van der Waals surface area contributed by atoms with Crippen LogP contribution in [-0.4, -0.2) is 15.0 Å². The summed E-state index contributed by atoms with van der Waals surface area (Å²) in [6.45, 7) is 0. The smallest absolute Gasteiger partial charge is 0.400 e. The van der Waals surface area contributed by atoms with Crippen LogP contribution in [-0.2, 0) is 0 Å². The molecule has 8 heteroatoms. The van der Waals surface area contributed by atoms with Crippen molar-refractivity contribution in [2.45, 2.75) is 6.43 Å². The predicted molar refractivity (Wildman–Crippen MR) is 37.5 cm³/mol. The molecule has 5 nitrogen and oxygen atoms in total. The van der Waals surface area contributed by atoms with Gasteiger partial charge < -0.3 is 15.2 Å². The van der Waals surface area contributed by atoms with Crippen LogP contribution in [0.1, 0.15) is 12.1 Å². The first-order valence-electron chi connectivity index (χ1n) is 3.25. The van der Waals surface area contributed by atoms with E-state index in [0.29, 0.717) is 0 Å². The molecule has 0 unspecified atom stereocenters. The average Bonchev–Trinajstić information content (AvgIpc) is 2.02. The Labute approximate surface area is 75.0 Å². The van der Waals surface area contributed by atoms with Gasteiger partial charge in [0.2, 0.25) is 5.82 Å². The largest absolute Gasteiger partial charge is 0.504 e. The Kier molecular flexibility index (Phi) is 2.54. The summed E-state index contributed by atoms with van der Waals surface area (Å²) in [7, 11) is 0. The summed E-state index contributed by atoms with van der Waals surface area (Å²) in [5, 5.41) is 18.8. The molecule has 1 aromatic heterocycles. The average molecular weight is 208 g/mol. The molecule has 0 radical (unpaired) electrons. The number of aromatic hydroxyl groups is 1. The van der Waals surface area contributed by atoms with Gasteiger partial charge in [0.05, 0.1) is 0 Å². The molecule has 0 saturated carbocycles. The maximum absolute atomic E-state index is 12.6. The summed E-state index contributed by atoms with van der Waals surface area (Å²) in [6.07, 6.45) is -3.20. The van der Waals surface area contributed by atoms with Gasteiger partial charge >= 0.3 is 12.2 Å². The number of hydrogen-bond donors (Lipinski definition) is 1. The first kappa shape index (κ1) is 10.2. The van der Waals surface area contributed by atoms with Crippen LogP contribution in [0.3, 0.4) is 0 Å². The highest BCUT2D eigenvalue weighted by Gasteiger charge is 2.27. The Hall–Kier alpha value is -1.86. The van der Waals surface area contributed by atoms with E-state index in [0.717, 1.165) is 0 Å². The lowest BCUT2D eigenvalue weighted by Gasteiger charge is -1.99. The van der Waals surface area contributed by atoms with Gasteiger partial charge in [0, 0.05) is 6.07 Å². The number of alkyl halides is 2. The summed E-state index contributed by atoms with van der Waals surface area (Å²) in [5.41, 5.74) is -1.21. The molecule has 1 aromatic rings. The molecule has 0 saturated heterocycles. The number of nitro groups is 1. The van der Waals surface area contributed by atoms with Crippen molar-refractivity contribution >= 4 is 5.82 Å². The van der Waals surface area contributed by atoms with Crippen LogP contribution >= 0.6 is 0 Å². The van der Waals surface area contributed by atoms with Gasteiger partial charge in [-0.05, 0) is 9.91 Å². The Balaban J connectivity index is 3.34. The van der Waals surface area contributed by atoms with Crippen LogP contribution < -0.4 is 0 Å². The second-order valence-corrected chi connectivity index (χ2v) is 2.26. The SMILES string of the molecule is O=[N+]([O-])c1nc(C(F)F)c(O)cc1F. The van der Waals surface area contributed by atoms with Crippen LogP contribution in [0, 0.1) is 15.9 Å². The number of rotatable bonds is 2. The summed E-state index contributed by atoms with van der Waals surface area (Å²) < 4.78 is 36.7. The third-order valence-electron chi connectivity index (χ3n) is 1.35. The van der Waals surface area contributed by atoms with E-state index in [2.05, 4.69) is 4.98 Å². The lowest BCUT2D eigenvalue weighted by Crippen LogP contribution is -2.00. The zero-order valence-corrected chi connectivity index (χ0v) is 6.45. The highest BCUT2D eigenvalue weighted by Crippen LogP contribution is 2.29. The van der Waals surface area contributed by atoms with Crippen LogP contribution in [0.15, 0.2) is 6.07 Å². The molecule has 1 heterocycles. The van der Waals surface area contributed by atoms with Crippen molar-refractivity contribution in [1.29, 1.82) is 0 Å². The van der Waals surface area contributed by atoms with E-state index in [9.17, 15) is 23.3 Å². The van der Waals surface area contributed by atoms with Crippen LogP contribution in [0.5, 0.6) is 5.75 Å². The zero-order valence-electron chi connectivity index (χ0n) is 6.45. The molecular formula is C6H3F3N2O3. The molecule has 1 rings (SSSR count). The van der Waals surface area contributed by atoms with Crippen molar-refractivity contribution in [2.75, 3.05) is 0 Å². The van der Waals surface area contributed by atoms with Gasteiger partial charge in [0.1, 0.15) is 0 Å². The Morgan fingerprint density at radius 3 is 2.57 bits per heavy atom. The second kappa shape index (κ2) is 3.48. The van der Waals surface area contributed by atoms with Gasteiger partial charge in [-0.1, -0.05) is 0 Å². The van der Waals surface area contributed by atoms with Crippen LogP contribution in [0.25, 0.3) is 0 Å². The predicted octanol–water partition coefficient (Wildman–Crippen LogP) is 1.77. The Bertz CT molecular complexity index is 383. The molecule has 0 atom stereocenters. The lowest BCUT2D eigenvalue weighted by molar-refractivity contribution is -0.392. The maximum atomic E-state index is 12.6. The molecule has 0 amide bonds. The van der Waals surface area contributed by atoms with Gasteiger partial charge in [-0.25, -0.2) is 8.78 Å². The Morgan fingerprint density at radius 1 is 1.57 bits per heavy atom. The van der Waals surface area contributed by atoms with Gasteiger partial charge in [0.15, 0.2) is 5.75 Å². The topological polar surface area (TPSA) is 76.3 Å². The van der Waals surface area contributed by atoms with Crippen molar-refractivity contribution in [3.05, 3.63) is 27.7 Å². The molecule has 0 aromatic carbocycles. The molecule has 0 aliphatic heterocycles. The van der Waals surface area contributed by atoms with Gasteiger partial charge in [-0.15, -0.1) is 0 Å². The minimum absolute atomic E-state index is 0.229. The molecule has 76 valence electrons. The van der Waals surface area contributed by atoms with E-state index >= 15 is 0 Å². The van der Waals surface area contributed by atoms with E-state index in [1.807, 2.05) is 0 Å². The van der Waals surface area contributed by atoms with Crippen molar-refractivity contribution in [3.8, 4) is 5.75 Å². The highest BCUT2D eigenvalue weighted by atomic mass is 19.3. The molecule has 0 bridgehead atoms. The number of halogens is 3. The molecular weight excluding hydrogens is 205 g/mol. The molecule has 14 heavy (non-hydrogen) atoms. The molecule has 0 aliphatic carbocycles. The summed E-state index contributed by atoms with van der Waals surface area (Å²) in [4.78, 5) is 11.5. The number of nitrogens with zero attached hydrogens (tertiary/aromatic N) is 2. The van der Waals surface area contributed by atoms with Gasteiger partial charge in [-0.3, -0.25) is 0 Å². The molecule has 0 spiro atoms. The third-order valence-corrected chi connectivity index (χ3v) is 1.35. The van der Waals surface area contributed by atoms with Gasteiger partial charge in [0.25, 0.3) is 5.69 Å². The quantitative estimate of drug-likeness (QED) is 0.593. The summed E-state index contributed by atoms with van der Waals surface area (Å²) in [5.74, 6) is -3.90. The minimum atomic E-state index is -3.20. The molecule has 1 N–H and O–H groups in total. The van der Waals surface area contributed by atoms with E-state index < -0.39 is 34.4 Å². The second-order valence-electron chi connectivity index (χ2n) is 2.26. The number of hydrogen-bond acceptors (Lipinski definition) is 4. The molecule has 0 fully saturated rings. The lowest BCUT2D eigenvalue weighted by atomic mass is 10.3. The van der Waals surface area contributed by atoms with Crippen molar-refractivity contribution in [2.24, 2.45) is 0 Å². The van der Waals surface area contributed by atoms with Crippen molar-refractivity contribution in [1.82, 2.24) is 4.98 Å².